The standard InChI is InChI=1S/C16H24N2O2S/c1-19-15-3-2-13(12-18-15)11-17-14-4-7-20-16(10-14)5-8-21-9-6-16/h2-3,12,14,17H,4-11H2,1H3. The molecule has 21 heavy (non-hydrogen) atoms. The van der Waals surface area contributed by atoms with Crippen LogP contribution in [0.15, 0.2) is 18.3 Å². The van der Waals surface area contributed by atoms with Gasteiger partial charge >= 0.3 is 0 Å². The van der Waals surface area contributed by atoms with Crippen LogP contribution in [0.4, 0.5) is 0 Å². The van der Waals surface area contributed by atoms with Crippen LogP contribution in [0.25, 0.3) is 0 Å². The number of hydrogen-bond donors (Lipinski definition) is 1. The van der Waals surface area contributed by atoms with Crippen LogP contribution < -0.4 is 10.1 Å². The number of hydrogen-bond acceptors (Lipinski definition) is 5. The lowest BCUT2D eigenvalue weighted by molar-refractivity contribution is -0.0933. The lowest BCUT2D eigenvalue weighted by atomic mass is 9.85. The van der Waals surface area contributed by atoms with E-state index in [2.05, 4.69) is 28.1 Å². The molecule has 0 saturated carbocycles. The van der Waals surface area contributed by atoms with E-state index in [4.69, 9.17) is 9.47 Å². The molecule has 1 atom stereocenters. The van der Waals surface area contributed by atoms with Crippen LogP contribution in [0.3, 0.4) is 0 Å². The Morgan fingerprint density at radius 2 is 2.29 bits per heavy atom. The zero-order valence-corrected chi connectivity index (χ0v) is 13.5. The lowest BCUT2D eigenvalue weighted by Gasteiger charge is -2.43. The summed E-state index contributed by atoms with van der Waals surface area (Å²) in [6, 6.07) is 4.55. The molecule has 0 aliphatic carbocycles. The molecule has 0 bridgehead atoms. The van der Waals surface area contributed by atoms with Gasteiger partial charge in [0.15, 0.2) is 0 Å². The summed E-state index contributed by atoms with van der Waals surface area (Å²) >= 11 is 2.06. The summed E-state index contributed by atoms with van der Waals surface area (Å²) < 4.78 is 11.2. The molecule has 3 rings (SSSR count). The number of nitrogens with zero attached hydrogens (tertiary/aromatic N) is 1. The predicted octanol–water partition coefficient (Wildman–Crippen LogP) is 2.62. The van der Waals surface area contributed by atoms with Crippen molar-refractivity contribution in [1.82, 2.24) is 10.3 Å². The van der Waals surface area contributed by atoms with Gasteiger partial charge in [-0.15, -0.1) is 0 Å². The SMILES string of the molecule is COc1ccc(CNC2CCOC3(CCSCC3)C2)cn1. The maximum Gasteiger partial charge on any atom is 0.212 e. The van der Waals surface area contributed by atoms with Crippen molar-refractivity contribution in [3.63, 3.8) is 0 Å². The summed E-state index contributed by atoms with van der Waals surface area (Å²) in [5, 5.41) is 3.68. The van der Waals surface area contributed by atoms with Gasteiger partial charge in [-0.05, 0) is 42.8 Å². The number of ether oxygens (including phenoxy) is 2. The quantitative estimate of drug-likeness (QED) is 0.926. The van der Waals surface area contributed by atoms with Gasteiger partial charge < -0.3 is 14.8 Å². The minimum atomic E-state index is 0.152. The van der Waals surface area contributed by atoms with Gasteiger partial charge in [-0.1, -0.05) is 6.07 Å². The Kier molecular flexibility index (Phi) is 5.03. The van der Waals surface area contributed by atoms with Crippen LogP contribution in [-0.2, 0) is 11.3 Å². The summed E-state index contributed by atoms with van der Waals surface area (Å²) in [6.07, 6.45) is 6.56. The van der Waals surface area contributed by atoms with Gasteiger partial charge in [0, 0.05) is 31.5 Å². The zero-order valence-electron chi connectivity index (χ0n) is 12.6. The van der Waals surface area contributed by atoms with Crippen molar-refractivity contribution in [2.24, 2.45) is 0 Å². The summed E-state index contributed by atoms with van der Waals surface area (Å²) in [5.41, 5.74) is 1.36. The Morgan fingerprint density at radius 1 is 1.43 bits per heavy atom. The fraction of sp³-hybridized carbons (Fsp3) is 0.688. The first-order chi connectivity index (χ1) is 10.3. The van der Waals surface area contributed by atoms with Crippen molar-refractivity contribution in [3.8, 4) is 5.88 Å². The maximum atomic E-state index is 6.14. The number of pyridine rings is 1. The van der Waals surface area contributed by atoms with Gasteiger partial charge in [0.1, 0.15) is 0 Å². The lowest BCUT2D eigenvalue weighted by Crippen LogP contribution is -2.48. The second kappa shape index (κ2) is 6.99. The van der Waals surface area contributed by atoms with E-state index in [9.17, 15) is 0 Å². The molecule has 1 spiro atoms. The Balaban J connectivity index is 1.52. The van der Waals surface area contributed by atoms with E-state index in [0.29, 0.717) is 11.9 Å². The first-order valence-corrected chi connectivity index (χ1v) is 8.89. The molecule has 2 aliphatic heterocycles. The number of thioether (sulfide) groups is 1. The van der Waals surface area contributed by atoms with Gasteiger partial charge in [0.25, 0.3) is 0 Å². The van der Waals surface area contributed by atoms with Crippen LogP contribution in [-0.4, -0.2) is 41.8 Å². The molecule has 116 valence electrons. The van der Waals surface area contributed by atoms with Crippen molar-refractivity contribution in [3.05, 3.63) is 23.9 Å². The van der Waals surface area contributed by atoms with Crippen molar-refractivity contribution >= 4 is 11.8 Å². The molecule has 1 N–H and O–H groups in total. The Labute approximate surface area is 131 Å². The van der Waals surface area contributed by atoms with Gasteiger partial charge in [0.05, 0.1) is 12.7 Å². The molecule has 2 fully saturated rings. The first kappa shape index (κ1) is 15.1. The van der Waals surface area contributed by atoms with Crippen molar-refractivity contribution < 1.29 is 9.47 Å². The largest absolute Gasteiger partial charge is 0.481 e. The summed E-state index contributed by atoms with van der Waals surface area (Å²) in [7, 11) is 1.64. The van der Waals surface area contributed by atoms with E-state index in [1.54, 1.807) is 7.11 Å². The summed E-state index contributed by atoms with van der Waals surface area (Å²) in [4.78, 5) is 4.25. The van der Waals surface area contributed by atoms with E-state index in [1.165, 1.54) is 29.9 Å². The van der Waals surface area contributed by atoms with E-state index in [0.717, 1.165) is 26.0 Å². The Bertz CT molecular complexity index is 441. The van der Waals surface area contributed by atoms with Gasteiger partial charge in [0.2, 0.25) is 5.88 Å². The molecule has 0 aromatic carbocycles. The molecule has 3 heterocycles. The summed E-state index contributed by atoms with van der Waals surface area (Å²) in [6.45, 7) is 1.76. The Hall–Kier alpha value is -0.780. The van der Waals surface area contributed by atoms with E-state index >= 15 is 0 Å². The summed E-state index contributed by atoms with van der Waals surface area (Å²) in [5.74, 6) is 3.16. The van der Waals surface area contributed by atoms with E-state index in [-0.39, 0.29) is 5.60 Å². The number of methoxy groups -OCH3 is 1. The molecule has 0 amide bonds. The van der Waals surface area contributed by atoms with E-state index in [1.807, 2.05) is 12.3 Å². The Morgan fingerprint density at radius 3 is 3.00 bits per heavy atom. The van der Waals surface area contributed by atoms with Gasteiger partial charge in [-0.25, -0.2) is 4.98 Å². The number of rotatable bonds is 4. The van der Waals surface area contributed by atoms with Gasteiger partial charge in [-0.3, -0.25) is 0 Å². The molecular formula is C16H24N2O2S. The van der Waals surface area contributed by atoms with Crippen LogP contribution in [0, 0.1) is 0 Å². The molecule has 1 aromatic rings. The number of aromatic nitrogens is 1. The highest BCUT2D eigenvalue weighted by Gasteiger charge is 2.38. The molecule has 5 heteroatoms. The molecule has 1 unspecified atom stereocenters. The smallest absolute Gasteiger partial charge is 0.212 e. The highest BCUT2D eigenvalue weighted by molar-refractivity contribution is 7.99. The third kappa shape index (κ3) is 3.90. The number of nitrogens with one attached hydrogen (secondary N) is 1. The molecule has 2 aliphatic rings. The zero-order chi connectivity index (χ0) is 14.5. The predicted molar refractivity (Wildman–Crippen MR) is 85.9 cm³/mol. The topological polar surface area (TPSA) is 43.4 Å². The molecule has 1 aromatic heterocycles. The first-order valence-electron chi connectivity index (χ1n) is 7.74. The maximum absolute atomic E-state index is 6.14. The van der Waals surface area contributed by atoms with Gasteiger partial charge in [-0.2, -0.15) is 11.8 Å². The van der Waals surface area contributed by atoms with Crippen LogP contribution in [0.2, 0.25) is 0 Å². The molecule has 0 radical (unpaired) electrons. The van der Waals surface area contributed by atoms with Crippen molar-refractivity contribution in [1.29, 1.82) is 0 Å². The van der Waals surface area contributed by atoms with Crippen LogP contribution in [0.1, 0.15) is 31.2 Å². The monoisotopic (exact) mass is 308 g/mol. The van der Waals surface area contributed by atoms with Crippen LogP contribution >= 0.6 is 11.8 Å². The highest BCUT2D eigenvalue weighted by atomic mass is 32.2. The highest BCUT2D eigenvalue weighted by Crippen LogP contribution is 2.37. The average Bonchev–Trinajstić information content (AvgIpc) is 2.54. The van der Waals surface area contributed by atoms with Crippen molar-refractivity contribution in [2.75, 3.05) is 25.2 Å². The third-order valence-electron chi connectivity index (χ3n) is 4.50. The molecular weight excluding hydrogens is 284 g/mol. The third-order valence-corrected chi connectivity index (χ3v) is 5.48. The molecule has 2 saturated heterocycles. The molecule has 4 nitrogen and oxygen atoms in total. The fourth-order valence-electron chi connectivity index (χ4n) is 3.19. The minimum absolute atomic E-state index is 0.152. The second-order valence-electron chi connectivity index (χ2n) is 5.92. The second-order valence-corrected chi connectivity index (χ2v) is 7.15. The normalized spacial score (nSPS) is 24.9. The van der Waals surface area contributed by atoms with Crippen molar-refractivity contribution in [2.45, 2.75) is 43.9 Å². The van der Waals surface area contributed by atoms with Crippen LogP contribution in [0.5, 0.6) is 5.88 Å². The fourth-order valence-corrected chi connectivity index (χ4v) is 4.43. The minimum Gasteiger partial charge on any atom is -0.481 e. The van der Waals surface area contributed by atoms with E-state index < -0.39 is 0 Å². The average molecular weight is 308 g/mol.